The smallest absolute Gasteiger partial charge is 0.272 e. The molecule has 1 heterocycles. The number of aryl methyl sites for hydroxylation is 1. The number of rotatable bonds is 8. The minimum Gasteiger partial charge on any atom is -0.497 e. The maximum absolute atomic E-state index is 12.8. The van der Waals surface area contributed by atoms with Gasteiger partial charge in [-0.25, -0.2) is 0 Å². The molecule has 6 heteroatoms. The van der Waals surface area contributed by atoms with E-state index in [0.717, 1.165) is 55.8 Å². The molecule has 1 aliphatic carbocycles. The zero-order valence-corrected chi connectivity index (χ0v) is 16.5. The Morgan fingerprint density at radius 2 is 1.93 bits per heavy atom. The van der Waals surface area contributed by atoms with Crippen molar-refractivity contribution >= 4 is 5.91 Å². The topological polar surface area (TPSA) is 70.2 Å². The number of nitrogens with one attached hydrogen (secondary N) is 2. The molecule has 27 heavy (non-hydrogen) atoms. The summed E-state index contributed by atoms with van der Waals surface area (Å²) in [7, 11) is 1.67. The van der Waals surface area contributed by atoms with E-state index >= 15 is 0 Å². The van der Waals surface area contributed by atoms with Gasteiger partial charge in [-0.3, -0.25) is 14.8 Å². The molecular formula is C21H30N4O2. The molecule has 1 aromatic carbocycles. The molecule has 146 valence electrons. The number of ether oxygens (including phenoxy) is 1. The predicted molar refractivity (Wildman–Crippen MR) is 106 cm³/mol. The zero-order valence-electron chi connectivity index (χ0n) is 16.5. The fourth-order valence-electron chi connectivity index (χ4n) is 3.89. The van der Waals surface area contributed by atoms with E-state index in [-0.39, 0.29) is 11.9 Å². The first-order valence-corrected chi connectivity index (χ1v) is 9.90. The maximum atomic E-state index is 12.8. The van der Waals surface area contributed by atoms with Crippen molar-refractivity contribution < 1.29 is 9.53 Å². The molecule has 0 saturated carbocycles. The number of aromatic nitrogens is 2. The van der Waals surface area contributed by atoms with Crippen LogP contribution in [0.3, 0.4) is 0 Å². The molecule has 0 saturated heterocycles. The van der Waals surface area contributed by atoms with Crippen molar-refractivity contribution in [3.63, 3.8) is 0 Å². The fraction of sp³-hybridized carbons (Fsp3) is 0.524. The second-order valence-corrected chi connectivity index (χ2v) is 6.96. The van der Waals surface area contributed by atoms with E-state index in [2.05, 4.69) is 46.4 Å². The second kappa shape index (κ2) is 9.04. The number of fused-ring (bicyclic) bond motifs is 1. The van der Waals surface area contributed by atoms with Crippen LogP contribution in [0.4, 0.5) is 0 Å². The van der Waals surface area contributed by atoms with Crippen molar-refractivity contribution in [3.05, 3.63) is 46.8 Å². The van der Waals surface area contributed by atoms with Gasteiger partial charge in [-0.1, -0.05) is 26.0 Å². The molecular weight excluding hydrogens is 340 g/mol. The number of amides is 1. The molecule has 1 atom stereocenters. The Bertz CT molecular complexity index is 750. The third kappa shape index (κ3) is 4.33. The highest BCUT2D eigenvalue weighted by Gasteiger charge is 2.24. The highest BCUT2D eigenvalue weighted by molar-refractivity contribution is 5.94. The number of hydrogen-bond donors (Lipinski definition) is 2. The molecule has 2 N–H and O–H groups in total. The lowest BCUT2D eigenvalue weighted by molar-refractivity contribution is 0.0929. The van der Waals surface area contributed by atoms with Gasteiger partial charge in [0.2, 0.25) is 0 Å². The van der Waals surface area contributed by atoms with Crippen LogP contribution in [0.15, 0.2) is 24.3 Å². The van der Waals surface area contributed by atoms with E-state index in [1.165, 1.54) is 5.56 Å². The Morgan fingerprint density at radius 3 is 2.59 bits per heavy atom. The van der Waals surface area contributed by atoms with Crippen molar-refractivity contribution in [1.29, 1.82) is 0 Å². The average molecular weight is 370 g/mol. The summed E-state index contributed by atoms with van der Waals surface area (Å²) in [4.78, 5) is 15.1. The van der Waals surface area contributed by atoms with E-state index in [1.54, 1.807) is 7.11 Å². The Hall–Kier alpha value is -2.34. The van der Waals surface area contributed by atoms with E-state index < -0.39 is 0 Å². The van der Waals surface area contributed by atoms with Crippen LogP contribution >= 0.6 is 0 Å². The molecule has 0 fully saturated rings. The summed E-state index contributed by atoms with van der Waals surface area (Å²) in [5.74, 6) is 0.754. The van der Waals surface area contributed by atoms with Gasteiger partial charge in [-0.05, 0) is 56.5 Å². The Balaban J connectivity index is 1.73. The van der Waals surface area contributed by atoms with Gasteiger partial charge < -0.3 is 10.1 Å². The van der Waals surface area contributed by atoms with Gasteiger partial charge in [-0.15, -0.1) is 0 Å². The predicted octanol–water partition coefficient (Wildman–Crippen LogP) is 3.11. The molecule has 1 aliphatic rings. The lowest BCUT2D eigenvalue weighted by Crippen LogP contribution is -2.38. The van der Waals surface area contributed by atoms with Crippen molar-refractivity contribution in [1.82, 2.24) is 20.4 Å². The number of aromatic amines is 1. The Morgan fingerprint density at radius 1 is 1.22 bits per heavy atom. The summed E-state index contributed by atoms with van der Waals surface area (Å²) in [6, 6.07) is 8.20. The van der Waals surface area contributed by atoms with Crippen LogP contribution in [-0.2, 0) is 12.8 Å². The monoisotopic (exact) mass is 370 g/mol. The molecule has 1 aromatic heterocycles. The van der Waals surface area contributed by atoms with Gasteiger partial charge in [0.05, 0.1) is 13.2 Å². The average Bonchev–Trinajstić information content (AvgIpc) is 3.15. The number of H-pyrrole nitrogens is 1. The van der Waals surface area contributed by atoms with Crippen LogP contribution in [0.25, 0.3) is 0 Å². The quantitative estimate of drug-likeness (QED) is 0.749. The first-order chi connectivity index (χ1) is 13.2. The van der Waals surface area contributed by atoms with Crippen LogP contribution in [-0.4, -0.2) is 47.7 Å². The van der Waals surface area contributed by atoms with Crippen molar-refractivity contribution in [2.24, 2.45) is 0 Å². The minimum atomic E-state index is -0.0833. The van der Waals surface area contributed by atoms with E-state index in [0.29, 0.717) is 12.2 Å². The summed E-state index contributed by atoms with van der Waals surface area (Å²) < 4.78 is 5.27. The molecule has 3 rings (SSSR count). The van der Waals surface area contributed by atoms with Crippen molar-refractivity contribution in [2.75, 3.05) is 26.7 Å². The van der Waals surface area contributed by atoms with Gasteiger partial charge in [0.15, 0.2) is 5.69 Å². The highest BCUT2D eigenvalue weighted by Crippen LogP contribution is 2.24. The molecule has 1 amide bonds. The standard InChI is InChI=1S/C21H30N4O2/c1-4-25(5-2)19(15-10-12-16(27-3)13-11-15)14-22-21(26)20-17-8-6-7-9-18(17)23-24-20/h10-13,19H,4-9,14H2,1-3H3,(H,22,26)(H,23,24). The first kappa shape index (κ1) is 19.4. The second-order valence-electron chi connectivity index (χ2n) is 6.96. The molecule has 0 bridgehead atoms. The van der Waals surface area contributed by atoms with Gasteiger partial charge in [0, 0.05) is 17.8 Å². The summed E-state index contributed by atoms with van der Waals surface area (Å²) in [5, 5.41) is 10.5. The maximum Gasteiger partial charge on any atom is 0.272 e. The number of methoxy groups -OCH3 is 1. The molecule has 6 nitrogen and oxygen atoms in total. The summed E-state index contributed by atoms with van der Waals surface area (Å²) in [5.41, 5.74) is 3.96. The fourth-order valence-corrected chi connectivity index (χ4v) is 3.89. The zero-order chi connectivity index (χ0) is 19.2. The van der Waals surface area contributed by atoms with E-state index in [4.69, 9.17) is 4.74 Å². The van der Waals surface area contributed by atoms with Crippen LogP contribution in [0.5, 0.6) is 5.75 Å². The summed E-state index contributed by atoms with van der Waals surface area (Å²) in [6.07, 6.45) is 4.22. The van der Waals surface area contributed by atoms with Gasteiger partial charge in [0.1, 0.15) is 5.75 Å². The molecule has 0 aliphatic heterocycles. The van der Waals surface area contributed by atoms with Gasteiger partial charge in [-0.2, -0.15) is 5.10 Å². The highest BCUT2D eigenvalue weighted by atomic mass is 16.5. The third-order valence-corrected chi connectivity index (χ3v) is 5.48. The van der Waals surface area contributed by atoms with Gasteiger partial charge >= 0.3 is 0 Å². The molecule has 1 unspecified atom stereocenters. The first-order valence-electron chi connectivity index (χ1n) is 9.90. The SMILES string of the molecule is CCN(CC)C(CNC(=O)c1n[nH]c2c1CCCC2)c1ccc(OC)cc1. The summed E-state index contributed by atoms with van der Waals surface area (Å²) in [6.45, 7) is 6.67. The largest absolute Gasteiger partial charge is 0.497 e. The number of nitrogens with zero attached hydrogens (tertiary/aromatic N) is 2. The molecule has 0 spiro atoms. The lowest BCUT2D eigenvalue weighted by atomic mass is 9.95. The van der Waals surface area contributed by atoms with E-state index in [9.17, 15) is 4.79 Å². The van der Waals surface area contributed by atoms with E-state index in [1.807, 2.05) is 12.1 Å². The number of carbonyl (C=O) groups excluding carboxylic acids is 1. The number of benzene rings is 1. The summed E-state index contributed by atoms with van der Waals surface area (Å²) >= 11 is 0. The van der Waals surface area contributed by atoms with Crippen LogP contribution < -0.4 is 10.1 Å². The minimum absolute atomic E-state index is 0.0833. The Kier molecular flexibility index (Phi) is 6.50. The third-order valence-electron chi connectivity index (χ3n) is 5.48. The number of likely N-dealkylation sites (N-methyl/N-ethyl adjacent to an activating group) is 1. The lowest BCUT2D eigenvalue weighted by Gasteiger charge is -2.30. The number of hydrogen-bond acceptors (Lipinski definition) is 4. The van der Waals surface area contributed by atoms with Crippen molar-refractivity contribution in [2.45, 2.75) is 45.6 Å². The Labute approximate surface area is 161 Å². The molecule has 2 aromatic rings. The number of carbonyl (C=O) groups is 1. The van der Waals surface area contributed by atoms with Crippen molar-refractivity contribution in [3.8, 4) is 5.75 Å². The van der Waals surface area contributed by atoms with Crippen LogP contribution in [0.1, 0.15) is 60.0 Å². The molecule has 0 radical (unpaired) electrons. The normalized spacial score (nSPS) is 14.7. The van der Waals surface area contributed by atoms with Gasteiger partial charge in [0.25, 0.3) is 5.91 Å². The van der Waals surface area contributed by atoms with Crippen LogP contribution in [0, 0.1) is 0 Å². The van der Waals surface area contributed by atoms with Crippen LogP contribution in [0.2, 0.25) is 0 Å².